The number of benzene rings is 4. The Balaban J connectivity index is 1.46. The van der Waals surface area contributed by atoms with Crippen molar-refractivity contribution in [2.45, 2.75) is 96.8 Å². The Labute approximate surface area is 257 Å². The highest BCUT2D eigenvalue weighted by molar-refractivity contribution is 7.74. The SMILES string of the molecule is Cc1cc(C)cc(P(c2cc(C)cc(C)c2)C(C)[C@@H]2CCC[C@@H]2P(c2ccccc2)c2ccccc2C2CCCC2)c1. The molecule has 2 unspecified atom stereocenters. The molecule has 0 N–H and O–H groups in total. The van der Waals surface area contributed by atoms with Crippen molar-refractivity contribution in [3.05, 3.63) is 119 Å². The average Bonchev–Trinajstić information content (AvgIpc) is 3.67. The third-order valence-electron chi connectivity index (χ3n) is 9.89. The molecule has 4 aromatic rings. The van der Waals surface area contributed by atoms with Crippen LogP contribution in [0.5, 0.6) is 0 Å². The van der Waals surface area contributed by atoms with Gasteiger partial charge in [-0.3, -0.25) is 0 Å². The fraction of sp³-hybridized carbons (Fsp3) is 0.400. The summed E-state index contributed by atoms with van der Waals surface area (Å²) in [5.74, 6) is 1.47. The van der Waals surface area contributed by atoms with E-state index in [9.17, 15) is 0 Å². The number of aryl methyl sites for hydroxylation is 4. The summed E-state index contributed by atoms with van der Waals surface area (Å²) in [7, 11) is -0.921. The van der Waals surface area contributed by atoms with Crippen molar-refractivity contribution in [3.63, 3.8) is 0 Å². The van der Waals surface area contributed by atoms with Crippen LogP contribution in [0, 0.1) is 33.6 Å². The third-order valence-corrected chi connectivity index (χ3v) is 15.8. The van der Waals surface area contributed by atoms with Crippen LogP contribution in [0.15, 0.2) is 91.0 Å². The highest BCUT2D eigenvalue weighted by Gasteiger charge is 2.42. The molecule has 0 heterocycles. The van der Waals surface area contributed by atoms with Crippen molar-refractivity contribution in [1.82, 2.24) is 0 Å². The summed E-state index contributed by atoms with van der Waals surface area (Å²) in [4.78, 5) is 0. The highest BCUT2D eigenvalue weighted by Crippen LogP contribution is 2.57. The van der Waals surface area contributed by atoms with Gasteiger partial charge < -0.3 is 0 Å². The first-order valence-electron chi connectivity index (χ1n) is 16.3. The third kappa shape index (κ3) is 6.33. The quantitative estimate of drug-likeness (QED) is 0.179. The molecule has 0 amide bonds. The van der Waals surface area contributed by atoms with Gasteiger partial charge in [0.1, 0.15) is 0 Å². The van der Waals surface area contributed by atoms with E-state index in [1.54, 1.807) is 26.8 Å². The van der Waals surface area contributed by atoms with E-state index in [4.69, 9.17) is 0 Å². The molecule has 0 radical (unpaired) electrons. The molecular weight excluding hydrogens is 542 g/mol. The lowest BCUT2D eigenvalue weighted by Crippen LogP contribution is -2.34. The fourth-order valence-corrected chi connectivity index (χ4v) is 15.2. The second-order valence-electron chi connectivity index (χ2n) is 13.2. The predicted molar refractivity (Wildman–Crippen MR) is 189 cm³/mol. The van der Waals surface area contributed by atoms with E-state index in [2.05, 4.69) is 126 Å². The van der Waals surface area contributed by atoms with Gasteiger partial charge in [0.2, 0.25) is 0 Å². The molecule has 2 saturated carbocycles. The minimum absolute atomic E-state index is 0.438. The fourth-order valence-electron chi connectivity index (χ4n) is 8.23. The molecule has 2 aliphatic rings. The number of rotatable bonds is 8. The highest BCUT2D eigenvalue weighted by atomic mass is 31.1. The van der Waals surface area contributed by atoms with E-state index in [1.165, 1.54) is 67.2 Å². The Morgan fingerprint density at radius 2 is 1.12 bits per heavy atom. The molecule has 0 aliphatic heterocycles. The molecule has 0 aromatic heterocycles. The van der Waals surface area contributed by atoms with Gasteiger partial charge in [-0.2, -0.15) is 0 Å². The van der Waals surface area contributed by atoms with Crippen molar-refractivity contribution in [2.75, 3.05) is 0 Å². The molecule has 2 fully saturated rings. The van der Waals surface area contributed by atoms with Gasteiger partial charge in [-0.1, -0.05) is 139 Å². The lowest BCUT2D eigenvalue weighted by Gasteiger charge is -2.38. The molecule has 42 heavy (non-hydrogen) atoms. The molecule has 4 aromatic carbocycles. The van der Waals surface area contributed by atoms with Crippen LogP contribution in [0.4, 0.5) is 0 Å². The minimum Gasteiger partial charge on any atom is -0.0622 e. The lowest BCUT2D eigenvalue weighted by atomic mass is 9.98. The van der Waals surface area contributed by atoms with Crippen molar-refractivity contribution in [2.24, 2.45) is 5.92 Å². The van der Waals surface area contributed by atoms with E-state index in [0.29, 0.717) is 5.66 Å². The van der Waals surface area contributed by atoms with Crippen LogP contribution >= 0.6 is 15.8 Å². The van der Waals surface area contributed by atoms with Gasteiger partial charge in [-0.25, -0.2) is 0 Å². The van der Waals surface area contributed by atoms with Crippen LogP contribution in [-0.4, -0.2) is 11.3 Å². The van der Waals surface area contributed by atoms with Gasteiger partial charge in [0.15, 0.2) is 0 Å². The van der Waals surface area contributed by atoms with Crippen LogP contribution in [-0.2, 0) is 0 Å². The Morgan fingerprint density at radius 1 is 0.571 bits per heavy atom. The summed E-state index contributed by atoms with van der Waals surface area (Å²) in [5.41, 5.74) is 8.62. The zero-order chi connectivity index (χ0) is 29.2. The zero-order valence-corrected chi connectivity index (χ0v) is 28.1. The molecule has 2 heteroatoms. The Kier molecular flexibility index (Phi) is 9.34. The molecule has 2 aliphatic carbocycles. The molecule has 4 atom stereocenters. The van der Waals surface area contributed by atoms with Gasteiger partial charge in [-0.15, -0.1) is 0 Å². The molecule has 0 bridgehead atoms. The molecule has 218 valence electrons. The zero-order valence-electron chi connectivity index (χ0n) is 26.3. The Morgan fingerprint density at radius 3 is 1.71 bits per heavy atom. The smallest absolute Gasteiger partial charge is 0.00942 e. The van der Waals surface area contributed by atoms with Crippen LogP contribution < -0.4 is 21.2 Å². The van der Waals surface area contributed by atoms with Crippen LogP contribution in [0.2, 0.25) is 0 Å². The number of hydrogen-bond acceptors (Lipinski definition) is 0. The van der Waals surface area contributed by atoms with Crippen LogP contribution in [0.25, 0.3) is 0 Å². The summed E-state index contributed by atoms with van der Waals surface area (Å²) < 4.78 is 0. The summed E-state index contributed by atoms with van der Waals surface area (Å²) in [6.45, 7) is 11.8. The summed E-state index contributed by atoms with van der Waals surface area (Å²) >= 11 is 0. The average molecular weight is 591 g/mol. The monoisotopic (exact) mass is 590 g/mol. The molecule has 0 nitrogen and oxygen atoms in total. The van der Waals surface area contributed by atoms with E-state index in [-0.39, 0.29) is 0 Å². The topological polar surface area (TPSA) is 0 Å². The predicted octanol–water partition coefficient (Wildman–Crippen LogP) is 9.70. The lowest BCUT2D eigenvalue weighted by molar-refractivity contribution is 0.548. The molecule has 0 spiro atoms. The maximum atomic E-state index is 2.63. The maximum Gasteiger partial charge on any atom is -0.00942 e. The Bertz CT molecular complexity index is 1410. The Hall–Kier alpha value is -2.26. The first kappa shape index (κ1) is 29.8. The van der Waals surface area contributed by atoms with Crippen LogP contribution in [0.1, 0.15) is 85.6 Å². The second kappa shape index (κ2) is 13.2. The van der Waals surface area contributed by atoms with Crippen LogP contribution in [0.3, 0.4) is 0 Å². The minimum atomic E-state index is -0.483. The first-order chi connectivity index (χ1) is 20.4. The van der Waals surface area contributed by atoms with E-state index < -0.39 is 15.8 Å². The van der Waals surface area contributed by atoms with Crippen molar-refractivity contribution in [3.8, 4) is 0 Å². The van der Waals surface area contributed by atoms with Crippen molar-refractivity contribution < 1.29 is 0 Å². The molecule has 0 saturated heterocycles. The van der Waals surface area contributed by atoms with Gasteiger partial charge in [0.25, 0.3) is 0 Å². The first-order valence-corrected chi connectivity index (χ1v) is 19.1. The van der Waals surface area contributed by atoms with E-state index in [1.807, 2.05) is 0 Å². The standard InChI is InChI=1S/C40H48P2/c1-28-22-29(2)25-35(24-28)41(36-26-30(3)23-31(4)27-36)32(5)37-19-13-21-39(37)42(34-16-7-6-8-17-34)40-20-12-11-18-38(40)33-14-9-10-15-33/h6-8,11-12,16-18,20,22-27,32-33,37,39H,9-10,13-15,19,21H2,1-5H3/t32?,37-,39-,42?/m0/s1. The van der Waals surface area contributed by atoms with Gasteiger partial charge in [0, 0.05) is 0 Å². The van der Waals surface area contributed by atoms with Gasteiger partial charge >= 0.3 is 0 Å². The molecule has 6 rings (SSSR count). The molecular formula is C40H48P2. The summed E-state index contributed by atoms with van der Waals surface area (Å²) in [6.07, 6.45) is 9.59. The van der Waals surface area contributed by atoms with Gasteiger partial charge in [0.05, 0.1) is 0 Å². The van der Waals surface area contributed by atoms with Crippen molar-refractivity contribution >= 4 is 37.1 Å². The van der Waals surface area contributed by atoms with E-state index >= 15 is 0 Å². The summed E-state index contributed by atoms with van der Waals surface area (Å²) in [5, 5.41) is 6.42. The van der Waals surface area contributed by atoms with Crippen molar-refractivity contribution in [1.29, 1.82) is 0 Å². The second-order valence-corrected chi connectivity index (χ2v) is 18.2. The normalized spacial score (nSPS) is 20.7. The maximum absolute atomic E-state index is 2.63. The van der Waals surface area contributed by atoms with E-state index in [0.717, 1.165) is 17.5 Å². The summed E-state index contributed by atoms with van der Waals surface area (Å²) in [6, 6.07) is 36.1. The van der Waals surface area contributed by atoms with Gasteiger partial charge in [-0.05, 0) is 119 Å². The number of hydrogen-bond donors (Lipinski definition) is 0. The largest absolute Gasteiger partial charge is 0.0622 e.